The molecule has 1 atom stereocenters. The van der Waals surface area contributed by atoms with E-state index in [1.54, 1.807) is 44.4 Å². The molecule has 100 valence electrons. The highest BCUT2D eigenvalue weighted by Gasteiger charge is 2.23. The first-order chi connectivity index (χ1) is 8.54. The third-order valence-electron chi connectivity index (χ3n) is 2.91. The van der Waals surface area contributed by atoms with Gasteiger partial charge in [-0.2, -0.15) is 0 Å². The van der Waals surface area contributed by atoms with Crippen LogP contribution in [0.5, 0.6) is 11.5 Å². The lowest BCUT2D eigenvalue weighted by atomic mass is 10.1. The minimum absolute atomic E-state index is 0.506. The van der Waals surface area contributed by atoms with Crippen molar-refractivity contribution in [2.45, 2.75) is 19.4 Å². The quantitative estimate of drug-likeness (QED) is 0.840. The van der Waals surface area contributed by atoms with Crippen LogP contribution in [0.3, 0.4) is 0 Å². The molecule has 0 spiro atoms. The molecule has 0 aromatic heterocycles. The first-order valence-corrected chi connectivity index (χ1v) is 5.72. The number of anilines is 1. The zero-order chi connectivity index (χ0) is 13.7. The van der Waals surface area contributed by atoms with E-state index >= 15 is 0 Å². The Morgan fingerprint density at radius 3 is 2.50 bits per heavy atom. The highest BCUT2D eigenvalue weighted by molar-refractivity contribution is 5.79. The predicted octanol–water partition coefficient (Wildman–Crippen LogP) is 2.00. The van der Waals surface area contributed by atoms with E-state index in [1.165, 1.54) is 0 Å². The third-order valence-corrected chi connectivity index (χ3v) is 2.91. The van der Waals surface area contributed by atoms with E-state index in [0.717, 1.165) is 0 Å². The number of ether oxygens (including phenoxy) is 2. The standard InChI is InChI=1S/C13H19NO4/c1-5-10(13(15)16)14(2)11-8-9(17-3)6-7-12(11)18-4/h6-8,10H,5H2,1-4H3,(H,15,16)/t10-/m1/s1. The normalized spacial score (nSPS) is 11.8. The summed E-state index contributed by atoms with van der Waals surface area (Å²) in [5.41, 5.74) is 0.700. The highest BCUT2D eigenvalue weighted by atomic mass is 16.5. The molecule has 1 aromatic carbocycles. The van der Waals surface area contributed by atoms with Crippen LogP contribution in [-0.4, -0.2) is 38.4 Å². The molecule has 1 aromatic rings. The van der Waals surface area contributed by atoms with Crippen LogP contribution in [0.25, 0.3) is 0 Å². The number of carboxylic acids is 1. The van der Waals surface area contributed by atoms with Crippen molar-refractivity contribution in [2.24, 2.45) is 0 Å². The largest absolute Gasteiger partial charge is 0.497 e. The summed E-state index contributed by atoms with van der Waals surface area (Å²) in [6, 6.07) is 4.72. The molecule has 0 amide bonds. The molecule has 1 rings (SSSR count). The number of likely N-dealkylation sites (N-methyl/N-ethyl adjacent to an activating group) is 1. The molecular weight excluding hydrogens is 234 g/mol. The number of rotatable bonds is 6. The fourth-order valence-electron chi connectivity index (χ4n) is 1.85. The van der Waals surface area contributed by atoms with Crippen LogP contribution in [0.1, 0.15) is 13.3 Å². The van der Waals surface area contributed by atoms with Crippen molar-refractivity contribution in [2.75, 3.05) is 26.2 Å². The van der Waals surface area contributed by atoms with Gasteiger partial charge in [-0.3, -0.25) is 0 Å². The first kappa shape index (κ1) is 14.2. The molecule has 0 aliphatic carbocycles. The molecule has 5 nitrogen and oxygen atoms in total. The Labute approximate surface area is 107 Å². The van der Waals surface area contributed by atoms with Gasteiger partial charge in [0.1, 0.15) is 17.5 Å². The maximum atomic E-state index is 11.2. The van der Waals surface area contributed by atoms with Gasteiger partial charge in [-0.15, -0.1) is 0 Å². The zero-order valence-electron chi connectivity index (χ0n) is 11.1. The van der Waals surface area contributed by atoms with Crippen molar-refractivity contribution in [1.82, 2.24) is 0 Å². The highest BCUT2D eigenvalue weighted by Crippen LogP contribution is 2.33. The average Bonchev–Trinajstić information content (AvgIpc) is 2.38. The summed E-state index contributed by atoms with van der Waals surface area (Å²) in [6.07, 6.45) is 0.506. The average molecular weight is 253 g/mol. The zero-order valence-corrected chi connectivity index (χ0v) is 11.1. The molecule has 18 heavy (non-hydrogen) atoms. The number of hydrogen-bond acceptors (Lipinski definition) is 4. The van der Waals surface area contributed by atoms with Crippen LogP contribution >= 0.6 is 0 Å². The summed E-state index contributed by atoms with van der Waals surface area (Å²) in [5.74, 6) is 0.431. The molecule has 0 aliphatic rings. The van der Waals surface area contributed by atoms with E-state index in [9.17, 15) is 9.90 Å². The van der Waals surface area contributed by atoms with Crippen LogP contribution in [0.15, 0.2) is 18.2 Å². The number of hydrogen-bond donors (Lipinski definition) is 1. The molecule has 0 bridgehead atoms. The van der Waals surface area contributed by atoms with Crippen LogP contribution in [-0.2, 0) is 4.79 Å². The van der Waals surface area contributed by atoms with Crippen molar-refractivity contribution in [1.29, 1.82) is 0 Å². The van der Waals surface area contributed by atoms with E-state index in [4.69, 9.17) is 9.47 Å². The number of methoxy groups -OCH3 is 2. The Balaban J connectivity index is 3.16. The Kier molecular flexibility index (Phi) is 4.83. The second-order valence-corrected chi connectivity index (χ2v) is 3.91. The number of aliphatic carboxylic acids is 1. The van der Waals surface area contributed by atoms with Gasteiger partial charge in [0.2, 0.25) is 0 Å². The van der Waals surface area contributed by atoms with Crippen molar-refractivity contribution in [3.05, 3.63) is 18.2 Å². The molecule has 5 heteroatoms. The van der Waals surface area contributed by atoms with Crippen LogP contribution in [0, 0.1) is 0 Å². The van der Waals surface area contributed by atoms with E-state index in [0.29, 0.717) is 23.6 Å². The number of benzene rings is 1. The molecule has 0 saturated heterocycles. The minimum Gasteiger partial charge on any atom is -0.497 e. The Hall–Kier alpha value is -1.91. The van der Waals surface area contributed by atoms with Crippen LogP contribution in [0.2, 0.25) is 0 Å². The summed E-state index contributed by atoms with van der Waals surface area (Å²) in [4.78, 5) is 12.9. The first-order valence-electron chi connectivity index (χ1n) is 5.72. The van der Waals surface area contributed by atoms with Crippen molar-refractivity contribution < 1.29 is 19.4 Å². The monoisotopic (exact) mass is 253 g/mol. The number of carboxylic acid groups (broad SMARTS) is 1. The summed E-state index contributed by atoms with van der Waals surface area (Å²) in [6.45, 7) is 1.84. The van der Waals surface area contributed by atoms with Crippen molar-refractivity contribution in [3.8, 4) is 11.5 Å². The Morgan fingerprint density at radius 1 is 1.39 bits per heavy atom. The van der Waals surface area contributed by atoms with Crippen LogP contribution in [0.4, 0.5) is 5.69 Å². The van der Waals surface area contributed by atoms with Gasteiger partial charge in [0.15, 0.2) is 0 Å². The second-order valence-electron chi connectivity index (χ2n) is 3.91. The molecule has 1 N–H and O–H groups in total. The van der Waals surface area contributed by atoms with Crippen molar-refractivity contribution >= 4 is 11.7 Å². The Morgan fingerprint density at radius 2 is 2.06 bits per heavy atom. The third kappa shape index (κ3) is 2.85. The van der Waals surface area contributed by atoms with Gasteiger partial charge in [0.25, 0.3) is 0 Å². The molecule has 0 saturated carbocycles. The van der Waals surface area contributed by atoms with Gasteiger partial charge >= 0.3 is 5.97 Å². The van der Waals surface area contributed by atoms with E-state index in [1.807, 2.05) is 6.92 Å². The molecular formula is C13H19NO4. The molecule has 0 unspecified atom stereocenters. The van der Waals surface area contributed by atoms with E-state index in [-0.39, 0.29) is 0 Å². The lowest BCUT2D eigenvalue weighted by Gasteiger charge is -2.27. The summed E-state index contributed by atoms with van der Waals surface area (Å²) in [7, 11) is 4.86. The molecule has 0 radical (unpaired) electrons. The summed E-state index contributed by atoms with van der Waals surface area (Å²) in [5, 5.41) is 9.18. The minimum atomic E-state index is -0.857. The molecule has 0 heterocycles. The number of nitrogens with zero attached hydrogens (tertiary/aromatic N) is 1. The van der Waals surface area contributed by atoms with Gasteiger partial charge in [-0.1, -0.05) is 6.92 Å². The van der Waals surface area contributed by atoms with E-state index < -0.39 is 12.0 Å². The van der Waals surface area contributed by atoms with E-state index in [2.05, 4.69) is 0 Å². The second kappa shape index (κ2) is 6.14. The molecule has 0 aliphatic heterocycles. The fourth-order valence-corrected chi connectivity index (χ4v) is 1.85. The van der Waals surface area contributed by atoms with Crippen molar-refractivity contribution in [3.63, 3.8) is 0 Å². The van der Waals surface area contributed by atoms with Crippen LogP contribution < -0.4 is 14.4 Å². The van der Waals surface area contributed by atoms with Gasteiger partial charge in [-0.05, 0) is 18.6 Å². The smallest absolute Gasteiger partial charge is 0.326 e. The van der Waals surface area contributed by atoms with Gasteiger partial charge in [0.05, 0.1) is 19.9 Å². The summed E-state index contributed by atoms with van der Waals surface area (Å²) < 4.78 is 10.4. The maximum Gasteiger partial charge on any atom is 0.326 e. The predicted molar refractivity (Wildman–Crippen MR) is 69.7 cm³/mol. The van der Waals surface area contributed by atoms with Gasteiger partial charge in [0, 0.05) is 13.1 Å². The molecule has 0 fully saturated rings. The Bertz CT molecular complexity index is 419. The van der Waals surface area contributed by atoms with Gasteiger partial charge < -0.3 is 19.5 Å². The SMILES string of the molecule is CC[C@H](C(=O)O)N(C)c1cc(OC)ccc1OC. The lowest BCUT2D eigenvalue weighted by molar-refractivity contribution is -0.138. The van der Waals surface area contributed by atoms with Gasteiger partial charge in [-0.25, -0.2) is 4.79 Å². The lowest BCUT2D eigenvalue weighted by Crippen LogP contribution is -2.38. The summed E-state index contributed by atoms with van der Waals surface area (Å²) >= 11 is 0. The fraction of sp³-hybridized carbons (Fsp3) is 0.462. The topological polar surface area (TPSA) is 59.0 Å². The maximum absolute atomic E-state index is 11.2. The number of carbonyl (C=O) groups is 1.